The van der Waals surface area contributed by atoms with Crippen LogP contribution in [0, 0.1) is 11.3 Å². The molecule has 0 aliphatic carbocycles. The van der Waals surface area contributed by atoms with Crippen LogP contribution in [-0.2, 0) is 0 Å². The topological polar surface area (TPSA) is 105 Å². The molecular weight excluding hydrogens is 274 g/mol. The first kappa shape index (κ1) is 12.3. The maximum absolute atomic E-state index is 11.2. The Labute approximate surface area is 111 Å². The summed E-state index contributed by atoms with van der Waals surface area (Å²) in [5, 5.41) is 13.5. The van der Waals surface area contributed by atoms with Crippen LogP contribution in [-0.4, -0.2) is 15.9 Å². The quantitative estimate of drug-likeness (QED) is 0.835. The predicted octanol–water partition coefficient (Wildman–Crippen LogP) is 1.91. The lowest BCUT2D eigenvalue weighted by molar-refractivity contribution is 0.100. The van der Waals surface area contributed by atoms with E-state index in [0.29, 0.717) is 10.6 Å². The van der Waals surface area contributed by atoms with Crippen LogP contribution in [0.25, 0.3) is 0 Å². The Morgan fingerprint density at radius 3 is 3.06 bits per heavy atom. The molecule has 90 valence electrons. The highest BCUT2D eigenvalue weighted by molar-refractivity contribution is 7.12. The fourth-order valence-corrected chi connectivity index (χ4v) is 2.10. The molecule has 0 saturated heterocycles. The Morgan fingerprint density at radius 2 is 2.39 bits per heavy atom. The molecule has 0 aliphatic rings. The van der Waals surface area contributed by atoms with Crippen molar-refractivity contribution in [2.75, 3.05) is 5.32 Å². The minimum atomic E-state index is -0.550. The van der Waals surface area contributed by atoms with E-state index >= 15 is 0 Å². The second-order valence-corrected chi connectivity index (χ2v) is 4.42. The average Bonchev–Trinajstić information content (AvgIpc) is 2.77. The number of nitrogens with one attached hydrogen (secondary N) is 1. The number of carbonyl (C=O) groups excluding carboxylic acids is 1. The molecule has 0 radical (unpaired) electrons. The first-order valence-corrected chi connectivity index (χ1v) is 5.94. The van der Waals surface area contributed by atoms with E-state index in [1.165, 1.54) is 17.5 Å². The number of carbonyl (C=O) groups is 1. The molecule has 2 aromatic rings. The number of halogens is 1. The van der Waals surface area contributed by atoms with E-state index in [4.69, 9.17) is 22.6 Å². The van der Waals surface area contributed by atoms with E-state index in [9.17, 15) is 4.79 Å². The molecule has 2 aromatic heterocycles. The van der Waals surface area contributed by atoms with Crippen molar-refractivity contribution in [1.82, 2.24) is 9.97 Å². The third-order valence-electron chi connectivity index (χ3n) is 2.02. The molecular formula is C10H6ClN5OS. The number of nitrogens with two attached hydrogens (primary N) is 1. The van der Waals surface area contributed by atoms with Gasteiger partial charge in [0.2, 0.25) is 5.28 Å². The van der Waals surface area contributed by atoms with Crippen LogP contribution in [0.4, 0.5) is 11.5 Å². The summed E-state index contributed by atoms with van der Waals surface area (Å²) in [7, 11) is 0. The summed E-state index contributed by atoms with van der Waals surface area (Å²) in [6.07, 6.45) is 1.30. The summed E-state index contributed by atoms with van der Waals surface area (Å²) in [5.74, 6) is -0.315. The number of primary amides is 1. The zero-order chi connectivity index (χ0) is 13.1. The van der Waals surface area contributed by atoms with Gasteiger partial charge in [-0.15, -0.1) is 11.3 Å². The van der Waals surface area contributed by atoms with Gasteiger partial charge in [0, 0.05) is 0 Å². The molecule has 0 bridgehead atoms. The van der Waals surface area contributed by atoms with Gasteiger partial charge >= 0.3 is 0 Å². The van der Waals surface area contributed by atoms with Crippen molar-refractivity contribution in [3.05, 3.63) is 33.4 Å². The lowest BCUT2D eigenvalue weighted by atomic mass is 10.3. The number of rotatable bonds is 3. The van der Waals surface area contributed by atoms with Gasteiger partial charge in [-0.1, -0.05) is 0 Å². The molecule has 0 atom stereocenters. The molecule has 0 fully saturated rings. The molecule has 6 nitrogen and oxygen atoms in total. The number of nitriles is 1. The minimum Gasteiger partial charge on any atom is -0.365 e. The first-order valence-electron chi connectivity index (χ1n) is 4.68. The maximum atomic E-state index is 11.2. The van der Waals surface area contributed by atoms with Crippen LogP contribution in [0.3, 0.4) is 0 Å². The van der Waals surface area contributed by atoms with Gasteiger partial charge in [0.1, 0.15) is 16.5 Å². The van der Waals surface area contributed by atoms with E-state index in [1.54, 1.807) is 11.4 Å². The van der Waals surface area contributed by atoms with Gasteiger partial charge in [-0.3, -0.25) is 4.79 Å². The number of hydrogen-bond acceptors (Lipinski definition) is 6. The van der Waals surface area contributed by atoms with Gasteiger partial charge in [0.25, 0.3) is 5.91 Å². The van der Waals surface area contributed by atoms with Crippen LogP contribution in [0.15, 0.2) is 17.6 Å². The summed E-state index contributed by atoms with van der Waals surface area (Å²) in [5.41, 5.74) is 5.93. The van der Waals surface area contributed by atoms with Crippen molar-refractivity contribution in [2.24, 2.45) is 5.73 Å². The number of thiophene rings is 1. The van der Waals surface area contributed by atoms with Crippen molar-refractivity contribution in [3.63, 3.8) is 0 Å². The van der Waals surface area contributed by atoms with Gasteiger partial charge in [-0.05, 0) is 23.0 Å². The van der Waals surface area contributed by atoms with Crippen LogP contribution >= 0.6 is 22.9 Å². The lowest BCUT2D eigenvalue weighted by Gasteiger charge is -2.06. The second kappa shape index (κ2) is 5.00. The lowest BCUT2D eigenvalue weighted by Crippen LogP contribution is -2.11. The fourth-order valence-electron chi connectivity index (χ4n) is 1.26. The third-order valence-corrected chi connectivity index (χ3v) is 3.13. The highest BCUT2D eigenvalue weighted by Crippen LogP contribution is 2.26. The van der Waals surface area contributed by atoms with Gasteiger partial charge in [0.15, 0.2) is 5.82 Å². The van der Waals surface area contributed by atoms with E-state index in [2.05, 4.69) is 15.3 Å². The molecule has 0 aliphatic heterocycles. The molecule has 0 unspecified atom stereocenters. The first-order chi connectivity index (χ1) is 8.61. The van der Waals surface area contributed by atoms with Crippen molar-refractivity contribution >= 4 is 40.4 Å². The zero-order valence-electron chi connectivity index (χ0n) is 8.85. The highest BCUT2D eigenvalue weighted by Gasteiger charge is 2.13. The van der Waals surface area contributed by atoms with E-state index < -0.39 is 5.91 Å². The number of aromatic nitrogens is 2. The van der Waals surface area contributed by atoms with Gasteiger partial charge in [-0.25, -0.2) is 4.98 Å². The molecule has 1 amide bonds. The minimum absolute atomic E-state index is 0.00681. The number of nitrogens with zero attached hydrogens (tertiary/aromatic N) is 3. The van der Waals surface area contributed by atoms with Crippen LogP contribution in [0.5, 0.6) is 0 Å². The third kappa shape index (κ3) is 2.40. The van der Waals surface area contributed by atoms with Crippen LogP contribution in [0.1, 0.15) is 15.2 Å². The maximum Gasteiger partial charge on any atom is 0.260 e. The van der Waals surface area contributed by atoms with Gasteiger partial charge in [-0.2, -0.15) is 10.2 Å². The van der Waals surface area contributed by atoms with Crippen LogP contribution < -0.4 is 11.1 Å². The standard InChI is InChI=1S/C10H6ClN5OS/c11-10-14-4-5(3-12)9(16-10)15-6-1-2-18-7(6)8(13)17/h1-2,4H,(H2,13,17)(H,14,15,16). The molecule has 0 aromatic carbocycles. The Kier molecular flexibility index (Phi) is 3.41. The Balaban J connectivity index is 2.40. The molecule has 18 heavy (non-hydrogen) atoms. The smallest absolute Gasteiger partial charge is 0.260 e. The van der Waals surface area contributed by atoms with Crippen molar-refractivity contribution in [2.45, 2.75) is 0 Å². The predicted molar refractivity (Wildman–Crippen MR) is 67.9 cm³/mol. The number of anilines is 2. The Bertz CT molecular complexity index is 648. The van der Waals surface area contributed by atoms with Crippen LogP contribution in [0.2, 0.25) is 5.28 Å². The summed E-state index contributed by atoms with van der Waals surface area (Å²) in [6, 6.07) is 3.59. The van der Waals surface area contributed by atoms with E-state index in [1.807, 2.05) is 6.07 Å². The second-order valence-electron chi connectivity index (χ2n) is 3.17. The Hall–Kier alpha value is -2.17. The summed E-state index contributed by atoms with van der Waals surface area (Å²) in [4.78, 5) is 19.1. The number of hydrogen-bond donors (Lipinski definition) is 2. The molecule has 8 heteroatoms. The van der Waals surface area contributed by atoms with Crippen molar-refractivity contribution < 1.29 is 4.79 Å². The van der Waals surface area contributed by atoms with Gasteiger partial charge < -0.3 is 11.1 Å². The monoisotopic (exact) mass is 279 g/mol. The summed E-state index contributed by atoms with van der Waals surface area (Å²) in [6.45, 7) is 0. The van der Waals surface area contributed by atoms with Crippen molar-refractivity contribution in [1.29, 1.82) is 5.26 Å². The molecule has 0 spiro atoms. The molecule has 2 heterocycles. The normalized spacial score (nSPS) is 9.78. The SMILES string of the molecule is N#Cc1cnc(Cl)nc1Nc1ccsc1C(N)=O. The van der Waals surface area contributed by atoms with E-state index in [-0.39, 0.29) is 16.7 Å². The molecule has 3 N–H and O–H groups in total. The zero-order valence-corrected chi connectivity index (χ0v) is 10.4. The molecule has 2 rings (SSSR count). The summed E-state index contributed by atoms with van der Waals surface area (Å²) < 4.78 is 0. The average molecular weight is 280 g/mol. The highest BCUT2D eigenvalue weighted by atomic mass is 35.5. The van der Waals surface area contributed by atoms with Crippen molar-refractivity contribution in [3.8, 4) is 6.07 Å². The fraction of sp³-hybridized carbons (Fsp3) is 0. The summed E-state index contributed by atoms with van der Waals surface area (Å²) >= 11 is 6.85. The number of amides is 1. The van der Waals surface area contributed by atoms with E-state index in [0.717, 1.165) is 0 Å². The van der Waals surface area contributed by atoms with Gasteiger partial charge in [0.05, 0.1) is 11.9 Å². The Morgan fingerprint density at radius 1 is 1.61 bits per heavy atom. The largest absolute Gasteiger partial charge is 0.365 e. The molecule has 0 saturated carbocycles.